The molecule has 2 rings (SSSR count). The number of aromatic nitrogens is 1. The third kappa shape index (κ3) is 3.25. The molecule has 19 heavy (non-hydrogen) atoms. The summed E-state index contributed by atoms with van der Waals surface area (Å²) >= 11 is 0. The van der Waals surface area contributed by atoms with Crippen molar-refractivity contribution in [1.82, 2.24) is 4.98 Å². The van der Waals surface area contributed by atoms with Gasteiger partial charge in [-0.15, -0.1) is 0 Å². The molecule has 1 aliphatic carbocycles. The van der Waals surface area contributed by atoms with Crippen molar-refractivity contribution in [2.75, 3.05) is 19.0 Å². The summed E-state index contributed by atoms with van der Waals surface area (Å²) in [5.41, 5.74) is 1.23. The van der Waals surface area contributed by atoms with Gasteiger partial charge in [0, 0.05) is 6.54 Å². The topological polar surface area (TPSA) is 51.2 Å². The summed E-state index contributed by atoms with van der Waals surface area (Å²) in [4.78, 5) is 15.9. The van der Waals surface area contributed by atoms with Crippen molar-refractivity contribution in [3.8, 4) is 0 Å². The minimum absolute atomic E-state index is 0.332. The van der Waals surface area contributed by atoms with Crippen molar-refractivity contribution in [1.29, 1.82) is 0 Å². The normalized spacial score (nSPS) is 22.3. The lowest BCUT2D eigenvalue weighted by Crippen LogP contribution is -2.17. The van der Waals surface area contributed by atoms with Crippen molar-refractivity contribution in [2.24, 2.45) is 11.8 Å². The van der Waals surface area contributed by atoms with E-state index in [1.54, 1.807) is 6.07 Å². The zero-order valence-electron chi connectivity index (χ0n) is 11.9. The summed E-state index contributed by atoms with van der Waals surface area (Å²) in [5.74, 6) is 2.04. The molecular formula is C15H22N2O2. The minimum Gasteiger partial charge on any atom is -0.465 e. The second-order valence-corrected chi connectivity index (χ2v) is 5.37. The SMILES string of the molecule is COC(=O)c1ccc(NCC2CCCC2C)nc1C. The molecule has 2 unspecified atom stereocenters. The Balaban J connectivity index is 1.98. The van der Waals surface area contributed by atoms with Crippen LogP contribution in [0.25, 0.3) is 0 Å². The highest BCUT2D eigenvalue weighted by molar-refractivity contribution is 5.90. The van der Waals surface area contributed by atoms with E-state index in [4.69, 9.17) is 4.74 Å². The summed E-state index contributed by atoms with van der Waals surface area (Å²) in [6, 6.07) is 3.62. The van der Waals surface area contributed by atoms with Crippen molar-refractivity contribution in [3.05, 3.63) is 23.4 Å². The first-order valence-corrected chi connectivity index (χ1v) is 6.91. The second-order valence-electron chi connectivity index (χ2n) is 5.37. The Morgan fingerprint density at radius 1 is 1.47 bits per heavy atom. The number of pyridine rings is 1. The maximum absolute atomic E-state index is 11.5. The molecule has 2 atom stereocenters. The van der Waals surface area contributed by atoms with Crippen molar-refractivity contribution in [2.45, 2.75) is 33.1 Å². The van der Waals surface area contributed by atoms with E-state index in [2.05, 4.69) is 17.2 Å². The lowest BCUT2D eigenvalue weighted by Gasteiger charge is -2.16. The molecule has 1 fully saturated rings. The number of carbonyl (C=O) groups excluding carboxylic acids is 1. The van der Waals surface area contributed by atoms with E-state index in [0.717, 1.165) is 24.2 Å². The lowest BCUT2D eigenvalue weighted by atomic mass is 9.98. The van der Waals surface area contributed by atoms with Gasteiger partial charge in [-0.1, -0.05) is 19.8 Å². The molecule has 1 aromatic heterocycles. The number of methoxy groups -OCH3 is 1. The molecule has 1 saturated carbocycles. The quantitative estimate of drug-likeness (QED) is 0.847. The largest absolute Gasteiger partial charge is 0.465 e. The van der Waals surface area contributed by atoms with E-state index in [-0.39, 0.29) is 5.97 Å². The Labute approximate surface area is 114 Å². The predicted molar refractivity (Wildman–Crippen MR) is 75.3 cm³/mol. The van der Waals surface area contributed by atoms with Crippen LogP contribution in [0.3, 0.4) is 0 Å². The summed E-state index contributed by atoms with van der Waals surface area (Å²) < 4.78 is 4.71. The molecule has 104 valence electrons. The Morgan fingerprint density at radius 2 is 2.26 bits per heavy atom. The van der Waals surface area contributed by atoms with Crippen LogP contribution in [0.15, 0.2) is 12.1 Å². The first-order chi connectivity index (χ1) is 9.11. The average molecular weight is 262 g/mol. The average Bonchev–Trinajstić information content (AvgIpc) is 2.81. The second kappa shape index (κ2) is 6.04. The molecule has 1 heterocycles. The Morgan fingerprint density at radius 3 is 2.84 bits per heavy atom. The fraction of sp³-hybridized carbons (Fsp3) is 0.600. The zero-order chi connectivity index (χ0) is 13.8. The highest BCUT2D eigenvalue weighted by atomic mass is 16.5. The van der Waals surface area contributed by atoms with Crippen LogP contribution in [0.1, 0.15) is 42.2 Å². The van der Waals surface area contributed by atoms with Crippen LogP contribution in [0.5, 0.6) is 0 Å². The molecule has 0 saturated heterocycles. The number of rotatable bonds is 4. The monoisotopic (exact) mass is 262 g/mol. The van der Waals surface area contributed by atoms with Crippen LogP contribution >= 0.6 is 0 Å². The lowest BCUT2D eigenvalue weighted by molar-refractivity contribution is 0.0599. The van der Waals surface area contributed by atoms with Gasteiger partial charge >= 0.3 is 5.97 Å². The molecular weight excluding hydrogens is 240 g/mol. The summed E-state index contributed by atoms with van der Waals surface area (Å²) in [6.07, 6.45) is 3.97. The molecule has 1 aliphatic rings. The molecule has 4 heteroatoms. The number of aryl methyl sites for hydroxylation is 1. The molecule has 0 bridgehead atoms. The van der Waals surface area contributed by atoms with Crippen molar-refractivity contribution in [3.63, 3.8) is 0 Å². The fourth-order valence-corrected chi connectivity index (χ4v) is 2.75. The van der Waals surface area contributed by atoms with Crippen LogP contribution in [0.2, 0.25) is 0 Å². The van der Waals surface area contributed by atoms with Gasteiger partial charge in [0.1, 0.15) is 5.82 Å². The summed E-state index contributed by atoms with van der Waals surface area (Å²) in [5, 5.41) is 3.38. The third-order valence-corrected chi connectivity index (χ3v) is 4.08. The van der Waals surface area contributed by atoms with Crippen LogP contribution in [-0.2, 0) is 4.74 Å². The first-order valence-electron chi connectivity index (χ1n) is 6.91. The highest BCUT2D eigenvalue weighted by Crippen LogP contribution is 2.31. The highest BCUT2D eigenvalue weighted by Gasteiger charge is 2.23. The van der Waals surface area contributed by atoms with Gasteiger partial charge in [0.05, 0.1) is 18.4 Å². The Kier molecular flexibility index (Phi) is 4.40. The van der Waals surface area contributed by atoms with Crippen LogP contribution < -0.4 is 5.32 Å². The molecule has 1 aromatic rings. The van der Waals surface area contributed by atoms with E-state index in [1.807, 2.05) is 13.0 Å². The molecule has 0 amide bonds. The van der Waals surface area contributed by atoms with Crippen LogP contribution in [0, 0.1) is 18.8 Å². The summed E-state index contributed by atoms with van der Waals surface area (Å²) in [6.45, 7) is 5.11. The van der Waals surface area contributed by atoms with Crippen LogP contribution in [-0.4, -0.2) is 24.6 Å². The van der Waals surface area contributed by atoms with Gasteiger partial charge in [-0.2, -0.15) is 0 Å². The Bertz CT molecular complexity index is 459. The maximum Gasteiger partial charge on any atom is 0.339 e. The number of anilines is 1. The predicted octanol–water partition coefficient (Wildman–Crippen LogP) is 3.02. The van der Waals surface area contributed by atoms with Gasteiger partial charge < -0.3 is 10.1 Å². The third-order valence-electron chi connectivity index (χ3n) is 4.08. The van der Waals surface area contributed by atoms with E-state index in [1.165, 1.54) is 26.4 Å². The van der Waals surface area contributed by atoms with Gasteiger partial charge in [0.2, 0.25) is 0 Å². The zero-order valence-corrected chi connectivity index (χ0v) is 11.9. The van der Waals surface area contributed by atoms with Crippen LogP contribution in [0.4, 0.5) is 5.82 Å². The standard InChI is InChI=1S/C15H22N2O2/c1-10-5-4-6-12(10)9-16-14-8-7-13(11(2)17-14)15(18)19-3/h7-8,10,12H,4-6,9H2,1-3H3,(H,16,17). The smallest absolute Gasteiger partial charge is 0.339 e. The van der Waals surface area contributed by atoms with Gasteiger partial charge in [-0.25, -0.2) is 9.78 Å². The van der Waals surface area contributed by atoms with Gasteiger partial charge in [-0.05, 0) is 37.3 Å². The molecule has 4 nitrogen and oxygen atoms in total. The molecule has 0 spiro atoms. The fourth-order valence-electron chi connectivity index (χ4n) is 2.75. The van der Waals surface area contributed by atoms with Gasteiger partial charge in [0.25, 0.3) is 0 Å². The number of nitrogens with zero attached hydrogens (tertiary/aromatic N) is 1. The molecule has 0 aliphatic heterocycles. The number of esters is 1. The van der Waals surface area contributed by atoms with Crippen molar-refractivity contribution >= 4 is 11.8 Å². The number of carbonyl (C=O) groups is 1. The maximum atomic E-state index is 11.5. The Hall–Kier alpha value is -1.58. The van der Waals surface area contributed by atoms with E-state index < -0.39 is 0 Å². The summed E-state index contributed by atoms with van der Waals surface area (Å²) in [7, 11) is 1.38. The minimum atomic E-state index is -0.332. The van der Waals surface area contributed by atoms with Gasteiger partial charge in [-0.3, -0.25) is 0 Å². The van der Waals surface area contributed by atoms with E-state index in [9.17, 15) is 4.79 Å². The van der Waals surface area contributed by atoms with Crippen molar-refractivity contribution < 1.29 is 9.53 Å². The molecule has 0 aromatic carbocycles. The van der Waals surface area contributed by atoms with Gasteiger partial charge in [0.15, 0.2) is 0 Å². The first kappa shape index (κ1) is 13.8. The molecule has 0 radical (unpaired) electrons. The van der Waals surface area contributed by atoms with E-state index >= 15 is 0 Å². The number of nitrogens with one attached hydrogen (secondary N) is 1. The number of hydrogen-bond donors (Lipinski definition) is 1. The van der Waals surface area contributed by atoms with E-state index in [0.29, 0.717) is 11.3 Å². The number of ether oxygens (including phenoxy) is 1. The number of hydrogen-bond acceptors (Lipinski definition) is 4. The molecule has 1 N–H and O–H groups in total.